The summed E-state index contributed by atoms with van der Waals surface area (Å²) >= 11 is 0. The Labute approximate surface area is 96.3 Å². The highest BCUT2D eigenvalue weighted by molar-refractivity contribution is 5.94. The molecule has 0 spiro atoms. The minimum absolute atomic E-state index is 0.0397. The van der Waals surface area contributed by atoms with Gasteiger partial charge < -0.3 is 4.90 Å². The summed E-state index contributed by atoms with van der Waals surface area (Å²) in [6, 6.07) is 9.56. The van der Waals surface area contributed by atoms with Gasteiger partial charge in [-0.2, -0.15) is 5.26 Å². The lowest BCUT2D eigenvalue weighted by atomic mass is 10.1. The molecule has 0 fully saturated rings. The second-order valence-corrected chi connectivity index (χ2v) is 4.08. The number of carbonyl (C=O) groups is 1. The van der Waals surface area contributed by atoms with E-state index in [1.54, 1.807) is 18.9 Å². The molecule has 0 N–H and O–H groups in total. The maximum Gasteiger partial charge on any atom is 0.253 e. The number of rotatable bonds is 3. The van der Waals surface area contributed by atoms with E-state index in [4.69, 9.17) is 5.26 Å². The van der Waals surface area contributed by atoms with Gasteiger partial charge in [-0.15, -0.1) is 0 Å². The third-order valence-corrected chi connectivity index (χ3v) is 2.41. The number of hydrogen-bond donors (Lipinski definition) is 0. The molecular weight excluding hydrogens is 200 g/mol. The zero-order chi connectivity index (χ0) is 12.1. The van der Waals surface area contributed by atoms with Gasteiger partial charge >= 0.3 is 0 Å². The lowest BCUT2D eigenvalue weighted by molar-refractivity contribution is 0.0785. The van der Waals surface area contributed by atoms with Crippen LogP contribution < -0.4 is 0 Å². The molecule has 0 radical (unpaired) electrons. The second-order valence-electron chi connectivity index (χ2n) is 4.08. The molecule has 0 aliphatic rings. The highest BCUT2D eigenvalue weighted by Gasteiger charge is 2.13. The predicted molar refractivity (Wildman–Crippen MR) is 62.9 cm³/mol. The largest absolute Gasteiger partial charge is 0.340 e. The average Bonchev–Trinajstić information content (AvgIpc) is 2.28. The number of nitrogens with zero attached hydrogens (tertiary/aromatic N) is 2. The Morgan fingerprint density at radius 1 is 1.44 bits per heavy atom. The normalized spacial score (nSPS) is 11.6. The smallest absolute Gasteiger partial charge is 0.253 e. The summed E-state index contributed by atoms with van der Waals surface area (Å²) in [6.07, 6.45) is 0. The van der Waals surface area contributed by atoms with E-state index in [0.717, 1.165) is 5.56 Å². The number of carbonyl (C=O) groups excluding carboxylic acids is 1. The molecule has 0 aromatic heterocycles. The van der Waals surface area contributed by atoms with Crippen molar-refractivity contribution in [3.63, 3.8) is 0 Å². The molecule has 1 rings (SSSR count). The lowest BCUT2D eigenvalue weighted by Gasteiger charge is -2.18. The molecule has 1 atom stereocenters. The van der Waals surface area contributed by atoms with E-state index in [-0.39, 0.29) is 11.8 Å². The van der Waals surface area contributed by atoms with E-state index >= 15 is 0 Å². The Hall–Kier alpha value is -1.82. The quantitative estimate of drug-likeness (QED) is 0.777. The van der Waals surface area contributed by atoms with E-state index in [1.807, 2.05) is 31.2 Å². The fraction of sp³-hybridized carbons (Fsp3) is 0.385. The number of benzene rings is 1. The molecule has 1 aromatic rings. The average molecular weight is 216 g/mol. The molecule has 0 aliphatic heterocycles. The lowest BCUT2D eigenvalue weighted by Crippen LogP contribution is -2.30. The molecule has 16 heavy (non-hydrogen) atoms. The minimum atomic E-state index is -0.139. The predicted octanol–water partition coefficient (Wildman–Crippen LogP) is 2.23. The SMILES string of the molecule is Cc1ccc(C(=O)N(C)CC(C)C#N)cc1. The number of aryl methyl sites for hydroxylation is 1. The highest BCUT2D eigenvalue weighted by atomic mass is 16.2. The van der Waals surface area contributed by atoms with Crippen molar-refractivity contribution >= 4 is 5.91 Å². The van der Waals surface area contributed by atoms with Gasteiger partial charge in [0.15, 0.2) is 0 Å². The van der Waals surface area contributed by atoms with Gasteiger partial charge in [0.2, 0.25) is 0 Å². The maximum absolute atomic E-state index is 11.9. The maximum atomic E-state index is 11.9. The van der Waals surface area contributed by atoms with Gasteiger partial charge in [0.25, 0.3) is 5.91 Å². The van der Waals surface area contributed by atoms with Crippen LogP contribution in [0.2, 0.25) is 0 Å². The van der Waals surface area contributed by atoms with Crippen LogP contribution in [-0.4, -0.2) is 24.4 Å². The van der Waals surface area contributed by atoms with Crippen LogP contribution in [0.25, 0.3) is 0 Å². The summed E-state index contributed by atoms with van der Waals surface area (Å²) in [7, 11) is 1.72. The molecule has 1 unspecified atom stereocenters. The molecule has 1 aromatic carbocycles. The monoisotopic (exact) mass is 216 g/mol. The van der Waals surface area contributed by atoms with Crippen molar-refractivity contribution in [1.82, 2.24) is 4.90 Å². The molecule has 0 aliphatic carbocycles. The van der Waals surface area contributed by atoms with Gasteiger partial charge in [0, 0.05) is 19.2 Å². The van der Waals surface area contributed by atoms with Crippen molar-refractivity contribution in [3.8, 4) is 6.07 Å². The third-order valence-electron chi connectivity index (χ3n) is 2.41. The summed E-state index contributed by atoms with van der Waals surface area (Å²) in [4.78, 5) is 13.5. The van der Waals surface area contributed by atoms with Crippen LogP contribution in [0.5, 0.6) is 0 Å². The van der Waals surface area contributed by atoms with Gasteiger partial charge in [-0.05, 0) is 26.0 Å². The zero-order valence-corrected chi connectivity index (χ0v) is 9.90. The second kappa shape index (κ2) is 5.32. The summed E-state index contributed by atoms with van der Waals surface area (Å²) in [5.41, 5.74) is 1.79. The van der Waals surface area contributed by atoms with Crippen LogP contribution in [-0.2, 0) is 0 Å². The standard InChI is InChI=1S/C13H16N2O/c1-10-4-6-12(7-5-10)13(16)15(3)9-11(2)8-14/h4-7,11H,9H2,1-3H3. The first-order valence-electron chi connectivity index (χ1n) is 5.26. The Balaban J connectivity index is 2.71. The first-order valence-corrected chi connectivity index (χ1v) is 5.26. The first-order chi connectivity index (χ1) is 7.54. The van der Waals surface area contributed by atoms with E-state index in [2.05, 4.69) is 6.07 Å². The molecule has 1 amide bonds. The van der Waals surface area contributed by atoms with E-state index in [1.165, 1.54) is 0 Å². The van der Waals surface area contributed by atoms with Crippen LogP contribution in [0.1, 0.15) is 22.8 Å². The zero-order valence-electron chi connectivity index (χ0n) is 9.90. The van der Waals surface area contributed by atoms with Gasteiger partial charge in [-0.25, -0.2) is 0 Å². The third kappa shape index (κ3) is 3.09. The van der Waals surface area contributed by atoms with Gasteiger partial charge in [0.05, 0.1) is 12.0 Å². The summed E-state index contributed by atoms with van der Waals surface area (Å²) in [5.74, 6) is -0.179. The van der Waals surface area contributed by atoms with E-state index in [9.17, 15) is 4.79 Å². The molecular formula is C13H16N2O. The Morgan fingerprint density at radius 3 is 2.50 bits per heavy atom. The fourth-order valence-electron chi connectivity index (χ4n) is 1.45. The minimum Gasteiger partial charge on any atom is -0.340 e. The van der Waals surface area contributed by atoms with Crippen LogP contribution >= 0.6 is 0 Å². The molecule has 84 valence electrons. The van der Waals surface area contributed by atoms with Crippen LogP contribution in [0.15, 0.2) is 24.3 Å². The van der Waals surface area contributed by atoms with Crippen molar-refractivity contribution in [2.75, 3.05) is 13.6 Å². The van der Waals surface area contributed by atoms with Crippen molar-refractivity contribution in [3.05, 3.63) is 35.4 Å². The molecule has 0 heterocycles. The van der Waals surface area contributed by atoms with Crippen LogP contribution in [0, 0.1) is 24.2 Å². The van der Waals surface area contributed by atoms with Crippen LogP contribution in [0.4, 0.5) is 0 Å². The molecule has 0 bridgehead atoms. The molecule has 0 saturated heterocycles. The first kappa shape index (κ1) is 12.3. The van der Waals surface area contributed by atoms with Crippen LogP contribution in [0.3, 0.4) is 0 Å². The Bertz CT molecular complexity index is 403. The van der Waals surface area contributed by atoms with E-state index < -0.39 is 0 Å². The van der Waals surface area contributed by atoms with Gasteiger partial charge in [-0.1, -0.05) is 17.7 Å². The van der Waals surface area contributed by atoms with Gasteiger partial charge in [0.1, 0.15) is 0 Å². The fourth-order valence-corrected chi connectivity index (χ4v) is 1.45. The molecule has 0 saturated carbocycles. The van der Waals surface area contributed by atoms with Crippen molar-refractivity contribution in [2.24, 2.45) is 5.92 Å². The van der Waals surface area contributed by atoms with Crippen molar-refractivity contribution < 1.29 is 4.79 Å². The topological polar surface area (TPSA) is 44.1 Å². The number of amides is 1. The number of hydrogen-bond acceptors (Lipinski definition) is 2. The van der Waals surface area contributed by atoms with E-state index in [0.29, 0.717) is 12.1 Å². The Morgan fingerprint density at radius 2 is 2.00 bits per heavy atom. The van der Waals surface area contributed by atoms with Crippen molar-refractivity contribution in [1.29, 1.82) is 5.26 Å². The highest BCUT2D eigenvalue weighted by Crippen LogP contribution is 2.07. The summed E-state index contributed by atoms with van der Waals surface area (Å²) < 4.78 is 0. The summed E-state index contributed by atoms with van der Waals surface area (Å²) in [5, 5.41) is 8.68. The summed E-state index contributed by atoms with van der Waals surface area (Å²) in [6.45, 7) is 4.25. The number of nitriles is 1. The van der Waals surface area contributed by atoms with Crippen molar-refractivity contribution in [2.45, 2.75) is 13.8 Å². The Kier molecular flexibility index (Phi) is 4.07. The molecule has 3 nitrogen and oxygen atoms in total. The van der Waals surface area contributed by atoms with Gasteiger partial charge in [-0.3, -0.25) is 4.79 Å². The molecule has 3 heteroatoms.